The molecule has 1 spiro atoms. The van der Waals surface area contributed by atoms with Gasteiger partial charge in [0.1, 0.15) is 0 Å². The first kappa shape index (κ1) is 9.60. The Balaban J connectivity index is 1.57. The number of carbonyl (C=O) groups is 1. The molecule has 3 rings (SSSR count). The summed E-state index contributed by atoms with van der Waals surface area (Å²) in [6, 6.07) is 0. The van der Waals surface area contributed by atoms with Gasteiger partial charge >= 0.3 is 0 Å². The second-order valence-electron chi connectivity index (χ2n) is 5.00. The molecular formula is C11H18N2O2. The molecule has 1 saturated carbocycles. The first-order valence-corrected chi connectivity index (χ1v) is 5.92. The number of hydrogen-bond donors (Lipinski definition) is 1. The van der Waals surface area contributed by atoms with E-state index in [2.05, 4.69) is 5.32 Å². The molecule has 0 aromatic heterocycles. The van der Waals surface area contributed by atoms with Crippen LogP contribution in [0.15, 0.2) is 0 Å². The van der Waals surface area contributed by atoms with Crippen LogP contribution in [0.25, 0.3) is 0 Å². The lowest BCUT2D eigenvalue weighted by atomic mass is 10.00. The zero-order chi connectivity index (χ0) is 10.3. The second kappa shape index (κ2) is 3.46. The minimum atomic E-state index is -0.120. The Labute approximate surface area is 90.0 Å². The molecule has 2 aliphatic heterocycles. The van der Waals surface area contributed by atoms with E-state index in [-0.39, 0.29) is 5.54 Å². The predicted octanol–water partition coefficient (Wildman–Crippen LogP) is 0.335. The lowest BCUT2D eigenvalue weighted by molar-refractivity contribution is -0.130. The van der Waals surface area contributed by atoms with Crippen LogP contribution < -0.4 is 5.32 Å². The van der Waals surface area contributed by atoms with Crippen LogP contribution in [0.2, 0.25) is 0 Å². The Morgan fingerprint density at radius 2 is 2.13 bits per heavy atom. The van der Waals surface area contributed by atoms with Crippen molar-refractivity contribution in [1.82, 2.24) is 10.2 Å². The average molecular weight is 210 g/mol. The van der Waals surface area contributed by atoms with Crippen molar-refractivity contribution in [1.29, 1.82) is 0 Å². The summed E-state index contributed by atoms with van der Waals surface area (Å²) in [4.78, 5) is 14.0. The Morgan fingerprint density at radius 3 is 2.73 bits per heavy atom. The van der Waals surface area contributed by atoms with Gasteiger partial charge in [0.15, 0.2) is 0 Å². The molecule has 3 fully saturated rings. The van der Waals surface area contributed by atoms with Crippen molar-refractivity contribution in [2.75, 3.05) is 26.4 Å². The monoisotopic (exact) mass is 210 g/mol. The number of carbonyl (C=O) groups excluding carboxylic acids is 1. The van der Waals surface area contributed by atoms with Gasteiger partial charge in [-0.05, 0) is 31.6 Å². The first-order valence-electron chi connectivity index (χ1n) is 5.92. The van der Waals surface area contributed by atoms with Gasteiger partial charge in [0.25, 0.3) is 0 Å². The van der Waals surface area contributed by atoms with Crippen molar-refractivity contribution in [2.45, 2.75) is 31.2 Å². The molecule has 0 unspecified atom stereocenters. The third-order valence-corrected chi connectivity index (χ3v) is 3.87. The molecule has 2 heterocycles. The van der Waals surface area contributed by atoms with Crippen LogP contribution >= 0.6 is 0 Å². The zero-order valence-corrected chi connectivity index (χ0v) is 9.00. The lowest BCUT2D eigenvalue weighted by Gasteiger charge is -2.26. The van der Waals surface area contributed by atoms with Crippen LogP contribution in [0, 0.1) is 5.92 Å². The molecule has 15 heavy (non-hydrogen) atoms. The number of hydrogen-bond acceptors (Lipinski definition) is 3. The van der Waals surface area contributed by atoms with E-state index in [9.17, 15) is 4.79 Å². The molecule has 1 aliphatic carbocycles. The number of nitrogens with one attached hydrogen (secondary N) is 1. The SMILES string of the molecule is O=C1N(CC2CCOCC2)CNC12CC2. The van der Waals surface area contributed by atoms with Crippen molar-refractivity contribution >= 4 is 5.91 Å². The highest BCUT2D eigenvalue weighted by molar-refractivity contribution is 5.91. The van der Waals surface area contributed by atoms with Gasteiger partial charge in [-0.3, -0.25) is 10.1 Å². The molecule has 0 radical (unpaired) electrons. The zero-order valence-electron chi connectivity index (χ0n) is 9.00. The van der Waals surface area contributed by atoms with Gasteiger partial charge in [0.05, 0.1) is 12.2 Å². The molecule has 3 aliphatic rings. The van der Waals surface area contributed by atoms with Gasteiger partial charge in [0.2, 0.25) is 5.91 Å². The van der Waals surface area contributed by atoms with E-state index in [1.54, 1.807) is 0 Å². The topological polar surface area (TPSA) is 41.6 Å². The Morgan fingerprint density at radius 1 is 1.40 bits per heavy atom. The highest BCUT2D eigenvalue weighted by atomic mass is 16.5. The molecule has 0 atom stereocenters. The minimum Gasteiger partial charge on any atom is -0.381 e. The fourth-order valence-electron chi connectivity index (χ4n) is 2.60. The first-order chi connectivity index (χ1) is 7.30. The van der Waals surface area contributed by atoms with Gasteiger partial charge in [0, 0.05) is 19.8 Å². The van der Waals surface area contributed by atoms with Crippen LogP contribution in [0.5, 0.6) is 0 Å². The summed E-state index contributed by atoms with van der Waals surface area (Å²) in [6.45, 7) is 3.42. The van der Waals surface area contributed by atoms with Gasteiger partial charge in [-0.1, -0.05) is 0 Å². The maximum atomic E-state index is 12.0. The number of nitrogens with zero attached hydrogens (tertiary/aromatic N) is 1. The Kier molecular flexibility index (Phi) is 2.21. The molecule has 1 N–H and O–H groups in total. The summed E-state index contributed by atoms with van der Waals surface area (Å²) < 4.78 is 5.33. The van der Waals surface area contributed by atoms with Gasteiger partial charge < -0.3 is 9.64 Å². The normalized spacial score (nSPS) is 30.1. The quantitative estimate of drug-likeness (QED) is 0.714. The summed E-state index contributed by atoms with van der Waals surface area (Å²) in [5, 5.41) is 3.34. The van der Waals surface area contributed by atoms with Crippen molar-refractivity contribution in [3.8, 4) is 0 Å². The third kappa shape index (κ3) is 1.66. The molecule has 2 saturated heterocycles. The van der Waals surface area contributed by atoms with Crippen LogP contribution in [0.4, 0.5) is 0 Å². The van der Waals surface area contributed by atoms with Crippen molar-refractivity contribution in [2.24, 2.45) is 5.92 Å². The fraction of sp³-hybridized carbons (Fsp3) is 0.909. The molecule has 1 amide bonds. The third-order valence-electron chi connectivity index (χ3n) is 3.87. The van der Waals surface area contributed by atoms with E-state index < -0.39 is 0 Å². The molecule has 0 aromatic rings. The van der Waals surface area contributed by atoms with Crippen LogP contribution in [0.1, 0.15) is 25.7 Å². The summed E-state index contributed by atoms with van der Waals surface area (Å²) >= 11 is 0. The summed E-state index contributed by atoms with van der Waals surface area (Å²) in [5.74, 6) is 0.993. The molecule has 0 bridgehead atoms. The lowest BCUT2D eigenvalue weighted by Crippen LogP contribution is -2.36. The van der Waals surface area contributed by atoms with E-state index >= 15 is 0 Å². The summed E-state index contributed by atoms with van der Waals surface area (Å²) in [6.07, 6.45) is 4.29. The number of rotatable bonds is 2. The van der Waals surface area contributed by atoms with Crippen LogP contribution in [-0.4, -0.2) is 42.8 Å². The van der Waals surface area contributed by atoms with Gasteiger partial charge in [-0.2, -0.15) is 0 Å². The van der Waals surface area contributed by atoms with E-state index in [1.807, 2.05) is 4.90 Å². The number of ether oxygens (including phenoxy) is 1. The smallest absolute Gasteiger partial charge is 0.243 e. The van der Waals surface area contributed by atoms with E-state index in [0.29, 0.717) is 11.8 Å². The summed E-state index contributed by atoms with van der Waals surface area (Å²) in [5.41, 5.74) is -0.120. The van der Waals surface area contributed by atoms with Gasteiger partial charge in [-0.25, -0.2) is 0 Å². The Hall–Kier alpha value is -0.610. The van der Waals surface area contributed by atoms with E-state index in [4.69, 9.17) is 4.74 Å². The van der Waals surface area contributed by atoms with Gasteiger partial charge in [-0.15, -0.1) is 0 Å². The van der Waals surface area contributed by atoms with Crippen molar-refractivity contribution in [3.05, 3.63) is 0 Å². The van der Waals surface area contributed by atoms with Crippen molar-refractivity contribution in [3.63, 3.8) is 0 Å². The fourth-order valence-corrected chi connectivity index (χ4v) is 2.60. The molecule has 84 valence electrons. The number of amides is 1. The molecule has 4 heteroatoms. The summed E-state index contributed by atoms with van der Waals surface area (Å²) in [7, 11) is 0. The maximum absolute atomic E-state index is 12.0. The van der Waals surface area contributed by atoms with Crippen LogP contribution in [-0.2, 0) is 9.53 Å². The van der Waals surface area contributed by atoms with E-state index in [0.717, 1.165) is 52.1 Å². The van der Waals surface area contributed by atoms with Crippen molar-refractivity contribution < 1.29 is 9.53 Å². The molecule has 4 nitrogen and oxygen atoms in total. The Bertz CT molecular complexity index is 270. The average Bonchev–Trinajstić information content (AvgIpc) is 3.00. The maximum Gasteiger partial charge on any atom is 0.243 e. The van der Waals surface area contributed by atoms with Crippen LogP contribution in [0.3, 0.4) is 0 Å². The highest BCUT2D eigenvalue weighted by Gasteiger charge is 2.55. The standard InChI is InChI=1S/C11H18N2O2/c14-10-11(3-4-11)12-8-13(10)7-9-1-5-15-6-2-9/h9,12H,1-8H2. The largest absolute Gasteiger partial charge is 0.381 e. The molecule has 0 aromatic carbocycles. The second-order valence-corrected chi connectivity index (χ2v) is 5.00. The minimum absolute atomic E-state index is 0.120. The highest BCUT2D eigenvalue weighted by Crippen LogP contribution is 2.40. The predicted molar refractivity (Wildman–Crippen MR) is 55.2 cm³/mol. The molecular weight excluding hydrogens is 192 g/mol. The van der Waals surface area contributed by atoms with E-state index in [1.165, 1.54) is 0 Å².